The van der Waals surface area contributed by atoms with E-state index in [1.165, 1.54) is 25.7 Å². The molecule has 0 saturated heterocycles. The number of rotatable bonds is 9. The number of benzene rings is 2. The fourth-order valence-corrected chi connectivity index (χ4v) is 3.36. The number of unbranched alkanes of at least 4 members (excludes halogenated alkanes) is 1. The van der Waals surface area contributed by atoms with Crippen molar-refractivity contribution in [3.05, 3.63) is 77.4 Å². The summed E-state index contributed by atoms with van der Waals surface area (Å²) in [4.78, 5) is 0. The zero-order valence-corrected chi connectivity index (χ0v) is 15.5. The molecule has 1 unspecified atom stereocenters. The Bertz CT molecular complexity index is 650. The van der Waals surface area contributed by atoms with Crippen LogP contribution >= 0.6 is 0 Å². The van der Waals surface area contributed by atoms with Gasteiger partial charge in [-0.25, -0.2) is 0 Å². The number of hydrogen-bond donors (Lipinski definition) is 0. The zero-order valence-electron chi connectivity index (χ0n) is 15.5. The van der Waals surface area contributed by atoms with Gasteiger partial charge in [-0.3, -0.25) is 0 Å². The smallest absolute Gasteiger partial charge is 0.0953 e. The average molecular weight is 332 g/mol. The van der Waals surface area contributed by atoms with Gasteiger partial charge < -0.3 is 0 Å². The molecule has 0 saturated carbocycles. The van der Waals surface area contributed by atoms with E-state index in [4.69, 9.17) is 0 Å². The van der Waals surface area contributed by atoms with Crippen LogP contribution in [0.1, 0.15) is 63.5 Å². The van der Waals surface area contributed by atoms with E-state index in [0.717, 1.165) is 41.0 Å². The van der Waals surface area contributed by atoms with E-state index in [1.54, 1.807) is 0 Å². The summed E-state index contributed by atoms with van der Waals surface area (Å²) in [6.45, 7) is 4.52. The zero-order chi connectivity index (χ0) is 17.9. The van der Waals surface area contributed by atoms with E-state index in [2.05, 4.69) is 44.2 Å². The first-order valence-electron chi connectivity index (χ1n) is 9.54. The third-order valence-corrected chi connectivity index (χ3v) is 4.91. The molecule has 0 aliphatic carbocycles. The van der Waals surface area contributed by atoms with Gasteiger partial charge in [0.15, 0.2) is 0 Å². The predicted molar refractivity (Wildman–Crippen MR) is 107 cm³/mol. The molecular formula is C24H29N. The van der Waals surface area contributed by atoms with Crippen molar-refractivity contribution in [2.24, 2.45) is 5.92 Å². The Kier molecular flexibility index (Phi) is 7.99. The minimum absolute atomic E-state index is 0.719. The van der Waals surface area contributed by atoms with E-state index in [1.807, 2.05) is 36.4 Å². The molecule has 0 aliphatic heterocycles. The van der Waals surface area contributed by atoms with Gasteiger partial charge in [0.25, 0.3) is 0 Å². The molecule has 1 atom stereocenters. The van der Waals surface area contributed by atoms with Crippen LogP contribution < -0.4 is 0 Å². The Morgan fingerprint density at radius 3 is 1.88 bits per heavy atom. The van der Waals surface area contributed by atoms with Crippen LogP contribution in [-0.2, 0) is 0 Å². The Balaban J connectivity index is 2.33. The second kappa shape index (κ2) is 10.5. The summed E-state index contributed by atoms with van der Waals surface area (Å²) in [5, 5.41) is 9.87. The lowest BCUT2D eigenvalue weighted by Crippen LogP contribution is -2.01. The monoisotopic (exact) mass is 331 g/mol. The summed E-state index contributed by atoms with van der Waals surface area (Å²) in [5.41, 5.74) is 4.26. The Morgan fingerprint density at radius 1 is 0.880 bits per heavy atom. The van der Waals surface area contributed by atoms with Crippen LogP contribution in [0.2, 0.25) is 0 Å². The van der Waals surface area contributed by atoms with E-state index in [-0.39, 0.29) is 0 Å². The lowest BCUT2D eigenvalue weighted by molar-refractivity contribution is 0.423. The molecule has 0 aromatic heterocycles. The van der Waals surface area contributed by atoms with E-state index >= 15 is 0 Å². The molecule has 2 aromatic rings. The van der Waals surface area contributed by atoms with Gasteiger partial charge in [0.05, 0.1) is 6.07 Å². The molecule has 1 heteroatoms. The van der Waals surface area contributed by atoms with E-state index in [9.17, 15) is 5.26 Å². The molecule has 0 radical (unpaired) electrons. The first-order valence-corrected chi connectivity index (χ1v) is 9.54. The lowest BCUT2D eigenvalue weighted by atomic mass is 9.87. The minimum Gasteiger partial charge on any atom is -0.193 e. The molecule has 2 aromatic carbocycles. The highest BCUT2D eigenvalue weighted by molar-refractivity contribution is 5.84. The highest BCUT2D eigenvalue weighted by atomic mass is 14.3. The number of nitriles is 1. The predicted octanol–water partition coefficient (Wildman–Crippen LogP) is 7.01. The molecule has 1 nitrogen and oxygen atoms in total. The van der Waals surface area contributed by atoms with Crippen molar-refractivity contribution in [3.63, 3.8) is 0 Å². The van der Waals surface area contributed by atoms with Gasteiger partial charge in [-0.1, -0.05) is 100 Å². The van der Waals surface area contributed by atoms with Crippen LogP contribution in [0.4, 0.5) is 0 Å². The van der Waals surface area contributed by atoms with Crippen molar-refractivity contribution in [2.45, 2.75) is 52.4 Å². The van der Waals surface area contributed by atoms with Crippen molar-refractivity contribution in [1.82, 2.24) is 0 Å². The molecule has 0 spiro atoms. The second-order valence-corrected chi connectivity index (χ2v) is 6.65. The maximum atomic E-state index is 9.87. The Hall–Kier alpha value is -2.33. The average Bonchev–Trinajstić information content (AvgIpc) is 2.68. The van der Waals surface area contributed by atoms with Crippen LogP contribution in [0.3, 0.4) is 0 Å². The standard InChI is InChI=1S/C24H29N/c1-3-5-12-20(4-2)17-18-23(19-25)24(21-13-8-6-9-14-21)22-15-10-7-11-16-22/h6-11,13-16,20H,3-5,12,17-18H2,1-2H3. The van der Waals surface area contributed by atoms with Crippen LogP contribution in [-0.4, -0.2) is 0 Å². The largest absolute Gasteiger partial charge is 0.193 e. The normalized spacial score (nSPS) is 11.6. The van der Waals surface area contributed by atoms with Crippen molar-refractivity contribution >= 4 is 5.57 Å². The molecule has 2 rings (SSSR count). The second-order valence-electron chi connectivity index (χ2n) is 6.65. The van der Waals surface area contributed by atoms with Gasteiger partial charge in [0, 0.05) is 11.1 Å². The van der Waals surface area contributed by atoms with Gasteiger partial charge in [-0.05, 0) is 29.9 Å². The molecule has 0 N–H and O–H groups in total. The highest BCUT2D eigenvalue weighted by Gasteiger charge is 2.14. The number of hydrogen-bond acceptors (Lipinski definition) is 1. The third kappa shape index (κ3) is 5.61. The fourth-order valence-electron chi connectivity index (χ4n) is 3.36. The summed E-state index contributed by atoms with van der Waals surface area (Å²) in [7, 11) is 0. The van der Waals surface area contributed by atoms with Crippen LogP contribution in [0.5, 0.6) is 0 Å². The Morgan fingerprint density at radius 2 is 1.44 bits per heavy atom. The molecule has 0 amide bonds. The van der Waals surface area contributed by atoms with Crippen molar-refractivity contribution in [1.29, 1.82) is 5.26 Å². The maximum absolute atomic E-state index is 9.87. The summed E-state index contributed by atoms with van der Waals surface area (Å²) >= 11 is 0. The topological polar surface area (TPSA) is 23.8 Å². The third-order valence-electron chi connectivity index (χ3n) is 4.91. The number of nitrogens with zero attached hydrogens (tertiary/aromatic N) is 1. The molecular weight excluding hydrogens is 302 g/mol. The first kappa shape index (κ1) is 19.0. The molecule has 0 fully saturated rings. The minimum atomic E-state index is 0.719. The lowest BCUT2D eigenvalue weighted by Gasteiger charge is -2.16. The van der Waals surface area contributed by atoms with Gasteiger partial charge in [0.2, 0.25) is 0 Å². The number of allylic oxidation sites excluding steroid dienone is 1. The van der Waals surface area contributed by atoms with Gasteiger partial charge in [-0.2, -0.15) is 5.26 Å². The quantitative estimate of drug-likeness (QED) is 0.453. The molecule has 25 heavy (non-hydrogen) atoms. The highest BCUT2D eigenvalue weighted by Crippen LogP contribution is 2.30. The molecule has 0 heterocycles. The van der Waals surface area contributed by atoms with Crippen LogP contribution in [0.15, 0.2) is 66.2 Å². The summed E-state index contributed by atoms with van der Waals surface area (Å²) in [6, 6.07) is 23.2. The van der Waals surface area contributed by atoms with E-state index < -0.39 is 0 Å². The SMILES string of the molecule is CCCCC(CC)CCC(C#N)=C(c1ccccc1)c1ccccc1. The fraction of sp³-hybridized carbons (Fsp3) is 0.375. The van der Waals surface area contributed by atoms with Gasteiger partial charge in [0.1, 0.15) is 0 Å². The van der Waals surface area contributed by atoms with Crippen molar-refractivity contribution in [2.75, 3.05) is 0 Å². The summed E-state index contributed by atoms with van der Waals surface area (Å²) in [5.74, 6) is 0.719. The van der Waals surface area contributed by atoms with Gasteiger partial charge in [-0.15, -0.1) is 0 Å². The van der Waals surface area contributed by atoms with E-state index in [0.29, 0.717) is 0 Å². The van der Waals surface area contributed by atoms with Crippen LogP contribution in [0.25, 0.3) is 5.57 Å². The first-order chi connectivity index (χ1) is 12.3. The molecule has 130 valence electrons. The Labute approximate surface area is 153 Å². The van der Waals surface area contributed by atoms with Gasteiger partial charge >= 0.3 is 0 Å². The van der Waals surface area contributed by atoms with Crippen molar-refractivity contribution in [3.8, 4) is 6.07 Å². The molecule has 0 bridgehead atoms. The molecule has 0 aliphatic rings. The summed E-state index contributed by atoms with van der Waals surface area (Å²) < 4.78 is 0. The van der Waals surface area contributed by atoms with Crippen molar-refractivity contribution < 1.29 is 0 Å². The maximum Gasteiger partial charge on any atom is 0.0953 e. The van der Waals surface area contributed by atoms with Crippen LogP contribution in [0, 0.1) is 17.2 Å². The summed E-state index contributed by atoms with van der Waals surface area (Å²) in [6.07, 6.45) is 6.97.